The van der Waals surface area contributed by atoms with Gasteiger partial charge in [-0.2, -0.15) is 0 Å². The molecule has 0 saturated carbocycles. The molecule has 4 rings (SSSR count). The molecule has 2 heterocycles. The highest BCUT2D eigenvalue weighted by Crippen LogP contribution is 2.27. The van der Waals surface area contributed by atoms with Gasteiger partial charge in [-0.05, 0) is 49.9 Å². The molecular weight excluding hydrogens is 460 g/mol. The van der Waals surface area contributed by atoms with Gasteiger partial charge in [0.05, 0.1) is 24.7 Å². The molecule has 0 amide bonds. The lowest BCUT2D eigenvalue weighted by atomic mass is 10.1. The highest BCUT2D eigenvalue weighted by molar-refractivity contribution is 7.84. The van der Waals surface area contributed by atoms with E-state index in [4.69, 9.17) is 14.5 Å². The minimum atomic E-state index is -0.853. The first-order chi connectivity index (χ1) is 17.1. The molecule has 6 bridgehead atoms. The van der Waals surface area contributed by atoms with Crippen LogP contribution in [0.1, 0.15) is 18.9 Å². The maximum Gasteiger partial charge on any atom is 0.227 e. The quantitative estimate of drug-likeness (QED) is 0.513. The normalized spacial score (nSPS) is 16.2. The van der Waals surface area contributed by atoms with Gasteiger partial charge in [-0.3, -0.25) is 9.11 Å². The van der Waals surface area contributed by atoms with Crippen molar-refractivity contribution in [1.82, 2.24) is 14.9 Å². The summed E-state index contributed by atoms with van der Waals surface area (Å²) in [6.45, 7) is 4.46. The average molecular weight is 493 g/mol. The predicted molar refractivity (Wildman–Crippen MR) is 142 cm³/mol. The van der Waals surface area contributed by atoms with Crippen molar-refractivity contribution in [2.24, 2.45) is 0 Å². The smallest absolute Gasteiger partial charge is 0.227 e. The molecule has 1 atom stereocenters. The van der Waals surface area contributed by atoms with Crippen LogP contribution in [-0.2, 0) is 17.3 Å². The third kappa shape index (κ3) is 7.37. The zero-order valence-electron chi connectivity index (χ0n) is 20.3. The standard InChI is InChI=1S/C27H32N4O3S/c1-3-35(32)17-16-34-26-11-10-23-18-22(26)20-31(2)14-5-4-6-15-33-24-9-7-8-21(19-24)25-12-13-28-27(29-23)30-25/h4-5,7-13,18-19H,3,6,14-17,20H2,1-2H3,(H,28,29,30)/b5-4-. The summed E-state index contributed by atoms with van der Waals surface area (Å²) in [5.74, 6) is 3.31. The lowest BCUT2D eigenvalue weighted by Crippen LogP contribution is -2.19. The number of nitrogens with zero attached hydrogens (tertiary/aromatic N) is 3. The minimum absolute atomic E-state index is 0.425. The molecule has 0 radical (unpaired) electrons. The van der Waals surface area contributed by atoms with Crippen LogP contribution in [0, 0.1) is 0 Å². The van der Waals surface area contributed by atoms with Crippen LogP contribution in [0.4, 0.5) is 11.6 Å². The Morgan fingerprint density at radius 2 is 2.09 bits per heavy atom. The molecule has 1 aliphatic rings. The number of rotatable bonds is 5. The predicted octanol–water partition coefficient (Wildman–Crippen LogP) is 4.81. The summed E-state index contributed by atoms with van der Waals surface area (Å²) >= 11 is 0. The monoisotopic (exact) mass is 492 g/mol. The number of aromatic nitrogens is 2. The Labute approximate surface area is 209 Å². The molecule has 2 aromatic carbocycles. The van der Waals surface area contributed by atoms with Crippen LogP contribution >= 0.6 is 0 Å². The highest BCUT2D eigenvalue weighted by Gasteiger charge is 2.11. The van der Waals surface area contributed by atoms with Crippen LogP contribution in [0.25, 0.3) is 11.3 Å². The Hall–Kier alpha value is -3.23. The maximum atomic E-state index is 11.8. The van der Waals surface area contributed by atoms with Crippen molar-refractivity contribution in [2.45, 2.75) is 19.9 Å². The van der Waals surface area contributed by atoms with Crippen molar-refractivity contribution in [3.63, 3.8) is 0 Å². The number of hydrogen-bond acceptors (Lipinski definition) is 7. The number of ether oxygens (including phenoxy) is 2. The van der Waals surface area contributed by atoms with E-state index < -0.39 is 10.8 Å². The number of benzene rings is 2. The summed E-state index contributed by atoms with van der Waals surface area (Å²) in [6, 6.07) is 15.8. The van der Waals surface area contributed by atoms with Gasteiger partial charge in [-0.15, -0.1) is 0 Å². The van der Waals surface area contributed by atoms with E-state index in [1.54, 1.807) is 6.20 Å². The van der Waals surface area contributed by atoms with Crippen LogP contribution in [0.3, 0.4) is 0 Å². The van der Waals surface area contributed by atoms with Crippen LogP contribution < -0.4 is 14.8 Å². The van der Waals surface area contributed by atoms with Crippen LogP contribution in [-0.4, -0.2) is 57.4 Å². The molecule has 1 N–H and O–H groups in total. The number of nitrogens with one attached hydrogen (secondary N) is 1. The second-order valence-electron chi connectivity index (χ2n) is 8.33. The largest absolute Gasteiger partial charge is 0.493 e. The highest BCUT2D eigenvalue weighted by atomic mass is 32.2. The van der Waals surface area contributed by atoms with Crippen molar-refractivity contribution in [3.8, 4) is 22.8 Å². The van der Waals surface area contributed by atoms with Crippen molar-refractivity contribution >= 4 is 22.4 Å². The fourth-order valence-electron chi connectivity index (χ4n) is 3.74. The Morgan fingerprint density at radius 1 is 1.17 bits per heavy atom. The van der Waals surface area contributed by atoms with Gasteiger partial charge in [0.15, 0.2) is 0 Å². The molecule has 1 aromatic heterocycles. The first kappa shape index (κ1) is 24.9. The van der Waals surface area contributed by atoms with Gasteiger partial charge in [-0.25, -0.2) is 9.97 Å². The zero-order valence-corrected chi connectivity index (χ0v) is 21.1. The van der Waals surface area contributed by atoms with Crippen molar-refractivity contribution < 1.29 is 13.7 Å². The Bertz CT molecular complexity index is 1180. The SMILES string of the molecule is CCS(=O)CCOc1ccc2cc1CN(C)C/C=C\CCOc1cccc(c1)-c1ccnc(n1)N2. The topological polar surface area (TPSA) is 76.6 Å². The van der Waals surface area contributed by atoms with E-state index >= 15 is 0 Å². The van der Waals surface area contributed by atoms with E-state index in [2.05, 4.69) is 40.5 Å². The van der Waals surface area contributed by atoms with Gasteiger partial charge in [0.2, 0.25) is 5.95 Å². The molecule has 8 heteroatoms. The molecule has 0 saturated heterocycles. The van der Waals surface area contributed by atoms with Gasteiger partial charge >= 0.3 is 0 Å². The van der Waals surface area contributed by atoms with Crippen molar-refractivity contribution in [1.29, 1.82) is 0 Å². The summed E-state index contributed by atoms with van der Waals surface area (Å²) < 4.78 is 23.8. The Kier molecular flexibility index (Phi) is 8.86. The third-order valence-corrected chi connectivity index (χ3v) is 6.84. The Balaban J connectivity index is 1.62. The summed E-state index contributed by atoms with van der Waals surface area (Å²) in [6.07, 6.45) is 6.89. The second-order valence-corrected chi connectivity index (χ2v) is 10.2. The summed E-state index contributed by atoms with van der Waals surface area (Å²) in [5, 5.41) is 3.33. The third-order valence-electron chi connectivity index (χ3n) is 5.57. The number of anilines is 2. The van der Waals surface area contributed by atoms with Gasteiger partial charge in [0.1, 0.15) is 11.5 Å². The zero-order chi connectivity index (χ0) is 24.5. The molecule has 35 heavy (non-hydrogen) atoms. The fraction of sp³-hybridized carbons (Fsp3) is 0.333. The lowest BCUT2D eigenvalue weighted by molar-refractivity contribution is 0.317. The van der Waals surface area contributed by atoms with Crippen LogP contribution in [0.2, 0.25) is 0 Å². The van der Waals surface area contributed by atoms with Crippen molar-refractivity contribution in [2.75, 3.05) is 43.6 Å². The van der Waals surface area contributed by atoms with E-state index in [9.17, 15) is 4.21 Å². The fourth-order valence-corrected chi connectivity index (χ4v) is 4.29. The molecule has 184 valence electrons. The van der Waals surface area contributed by atoms with Crippen molar-refractivity contribution in [3.05, 3.63) is 72.4 Å². The molecule has 1 aliphatic heterocycles. The van der Waals surface area contributed by atoms with E-state index in [0.717, 1.165) is 47.0 Å². The summed E-state index contributed by atoms with van der Waals surface area (Å²) in [5.41, 5.74) is 3.71. The number of fused-ring (bicyclic) bond motifs is 7. The molecule has 0 aliphatic carbocycles. The molecular formula is C27H32N4O3S. The molecule has 0 fully saturated rings. The van der Waals surface area contributed by atoms with Gasteiger partial charge < -0.3 is 14.8 Å². The van der Waals surface area contributed by atoms with E-state index in [1.165, 1.54) is 0 Å². The second kappa shape index (κ2) is 12.5. The van der Waals surface area contributed by atoms with Gasteiger partial charge in [0, 0.05) is 52.7 Å². The molecule has 0 spiro atoms. The number of hydrogen-bond donors (Lipinski definition) is 1. The van der Waals surface area contributed by atoms with Gasteiger partial charge in [0.25, 0.3) is 0 Å². The molecule has 1 unspecified atom stereocenters. The number of likely N-dealkylation sites (N-methyl/N-ethyl adjacent to an activating group) is 1. The first-order valence-electron chi connectivity index (χ1n) is 11.9. The summed E-state index contributed by atoms with van der Waals surface area (Å²) in [7, 11) is 1.22. The molecule has 3 aromatic rings. The van der Waals surface area contributed by atoms with Crippen LogP contribution in [0.15, 0.2) is 66.9 Å². The summed E-state index contributed by atoms with van der Waals surface area (Å²) in [4.78, 5) is 11.3. The van der Waals surface area contributed by atoms with Gasteiger partial charge in [-0.1, -0.05) is 31.2 Å². The van der Waals surface area contributed by atoms with E-state index in [1.807, 2.05) is 49.4 Å². The average Bonchev–Trinajstić information content (AvgIpc) is 2.87. The lowest BCUT2D eigenvalue weighted by Gasteiger charge is -2.19. The molecule has 7 nitrogen and oxygen atoms in total. The van der Waals surface area contributed by atoms with E-state index in [0.29, 0.717) is 37.2 Å². The minimum Gasteiger partial charge on any atom is -0.493 e. The van der Waals surface area contributed by atoms with E-state index in [-0.39, 0.29) is 0 Å². The Morgan fingerprint density at radius 3 is 2.97 bits per heavy atom. The first-order valence-corrected chi connectivity index (χ1v) is 13.4. The van der Waals surface area contributed by atoms with Crippen LogP contribution in [0.5, 0.6) is 11.5 Å². The maximum absolute atomic E-state index is 11.8.